The van der Waals surface area contributed by atoms with E-state index in [4.69, 9.17) is 5.84 Å². The standard InChI is InChI=1S/C13H21N3O2S/c1-2-7-13(8-9-13)10-15-19(17,18)12-6-4-3-5-11(12)16-14/h3-6,15-16H,2,7-10,14H2,1H3. The molecule has 5 nitrogen and oxygen atoms in total. The number of benzene rings is 1. The molecule has 1 aromatic rings. The van der Waals surface area contributed by atoms with Crippen LogP contribution in [0.15, 0.2) is 29.2 Å². The van der Waals surface area contributed by atoms with Crippen LogP contribution < -0.4 is 16.0 Å². The Kier molecular flexibility index (Phi) is 4.13. The molecule has 0 spiro atoms. The van der Waals surface area contributed by atoms with Gasteiger partial charge in [-0.25, -0.2) is 13.1 Å². The van der Waals surface area contributed by atoms with E-state index in [0.29, 0.717) is 12.2 Å². The second-order valence-corrected chi connectivity index (χ2v) is 6.95. The van der Waals surface area contributed by atoms with Crippen LogP contribution in [-0.4, -0.2) is 15.0 Å². The summed E-state index contributed by atoms with van der Waals surface area (Å²) >= 11 is 0. The first-order chi connectivity index (χ1) is 9.03. The molecule has 0 saturated heterocycles. The van der Waals surface area contributed by atoms with Crippen molar-refractivity contribution in [2.24, 2.45) is 11.3 Å². The third kappa shape index (κ3) is 3.26. The lowest BCUT2D eigenvalue weighted by Gasteiger charge is -2.16. The van der Waals surface area contributed by atoms with Crippen molar-refractivity contribution in [2.75, 3.05) is 12.0 Å². The SMILES string of the molecule is CCCC1(CNS(=O)(=O)c2ccccc2NN)CC1. The number of nitrogens with two attached hydrogens (primary N) is 1. The highest BCUT2D eigenvalue weighted by atomic mass is 32.2. The number of hydrazine groups is 1. The molecule has 1 aliphatic carbocycles. The maximum Gasteiger partial charge on any atom is 0.242 e. The molecule has 0 radical (unpaired) electrons. The van der Waals surface area contributed by atoms with Crippen LogP contribution in [0.1, 0.15) is 32.6 Å². The lowest BCUT2D eigenvalue weighted by Crippen LogP contribution is -2.31. The molecule has 0 unspecified atom stereocenters. The summed E-state index contributed by atoms with van der Waals surface area (Å²) < 4.78 is 27.3. The molecule has 0 atom stereocenters. The van der Waals surface area contributed by atoms with Gasteiger partial charge in [0.15, 0.2) is 0 Å². The third-order valence-electron chi connectivity index (χ3n) is 3.71. The first-order valence-electron chi connectivity index (χ1n) is 6.58. The molecule has 0 amide bonds. The predicted molar refractivity (Wildman–Crippen MR) is 76.0 cm³/mol. The van der Waals surface area contributed by atoms with Crippen molar-refractivity contribution in [3.8, 4) is 0 Å². The van der Waals surface area contributed by atoms with Crippen molar-refractivity contribution in [2.45, 2.75) is 37.5 Å². The highest BCUT2D eigenvalue weighted by molar-refractivity contribution is 7.89. The minimum Gasteiger partial charge on any atom is -0.323 e. The zero-order valence-corrected chi connectivity index (χ0v) is 12.0. The highest BCUT2D eigenvalue weighted by Gasteiger charge is 2.42. The maximum atomic E-state index is 12.3. The molecule has 2 rings (SSSR count). The summed E-state index contributed by atoms with van der Waals surface area (Å²) in [7, 11) is -3.51. The fourth-order valence-corrected chi connectivity index (χ4v) is 3.69. The molecule has 1 saturated carbocycles. The van der Waals surface area contributed by atoms with Crippen LogP contribution in [0, 0.1) is 5.41 Å². The fraction of sp³-hybridized carbons (Fsp3) is 0.538. The summed E-state index contributed by atoms with van der Waals surface area (Å²) in [5.41, 5.74) is 3.02. The van der Waals surface area contributed by atoms with Gasteiger partial charge in [0.2, 0.25) is 10.0 Å². The van der Waals surface area contributed by atoms with Gasteiger partial charge < -0.3 is 5.43 Å². The zero-order chi connectivity index (χ0) is 13.9. The van der Waals surface area contributed by atoms with Crippen LogP contribution in [0.2, 0.25) is 0 Å². The summed E-state index contributed by atoms with van der Waals surface area (Å²) in [5.74, 6) is 5.35. The minimum absolute atomic E-state index is 0.187. The smallest absolute Gasteiger partial charge is 0.242 e. The number of rotatable bonds is 7. The summed E-state index contributed by atoms with van der Waals surface area (Å²) in [6.45, 7) is 2.64. The van der Waals surface area contributed by atoms with E-state index < -0.39 is 10.0 Å². The molecule has 106 valence electrons. The Hall–Kier alpha value is -1.11. The number of para-hydroxylation sites is 1. The first-order valence-corrected chi connectivity index (χ1v) is 8.07. The van der Waals surface area contributed by atoms with Crippen LogP contribution >= 0.6 is 0 Å². The van der Waals surface area contributed by atoms with Gasteiger partial charge in [-0.2, -0.15) is 0 Å². The molecule has 0 bridgehead atoms. The van der Waals surface area contributed by atoms with Gasteiger partial charge in [0, 0.05) is 6.54 Å². The predicted octanol–water partition coefficient (Wildman–Crippen LogP) is 1.83. The van der Waals surface area contributed by atoms with E-state index in [1.54, 1.807) is 24.3 Å². The maximum absolute atomic E-state index is 12.3. The molecule has 4 N–H and O–H groups in total. The largest absolute Gasteiger partial charge is 0.323 e. The molecule has 6 heteroatoms. The molecule has 1 aromatic carbocycles. The number of nitrogen functional groups attached to an aromatic ring is 1. The average molecular weight is 283 g/mol. The van der Waals surface area contributed by atoms with Gasteiger partial charge in [-0.15, -0.1) is 0 Å². The number of hydrogen-bond acceptors (Lipinski definition) is 4. The van der Waals surface area contributed by atoms with Crippen LogP contribution in [0.4, 0.5) is 5.69 Å². The topological polar surface area (TPSA) is 84.2 Å². The lowest BCUT2D eigenvalue weighted by atomic mass is 10.0. The van der Waals surface area contributed by atoms with Gasteiger partial charge in [-0.3, -0.25) is 5.84 Å². The van der Waals surface area contributed by atoms with Crippen molar-refractivity contribution in [3.05, 3.63) is 24.3 Å². The Labute approximate surface area is 114 Å². The number of nitrogens with one attached hydrogen (secondary N) is 2. The molecule has 1 fully saturated rings. The number of sulfonamides is 1. The third-order valence-corrected chi connectivity index (χ3v) is 5.17. The minimum atomic E-state index is -3.51. The van der Waals surface area contributed by atoms with E-state index >= 15 is 0 Å². The number of hydrogen-bond donors (Lipinski definition) is 3. The van der Waals surface area contributed by atoms with Crippen molar-refractivity contribution in [1.29, 1.82) is 0 Å². The Bertz CT molecular complexity index is 539. The summed E-state index contributed by atoms with van der Waals surface area (Å²) in [6.07, 6.45) is 4.38. The molecule has 0 aliphatic heterocycles. The van der Waals surface area contributed by atoms with E-state index in [1.165, 1.54) is 0 Å². The van der Waals surface area contributed by atoms with Crippen molar-refractivity contribution < 1.29 is 8.42 Å². The van der Waals surface area contributed by atoms with Crippen molar-refractivity contribution in [1.82, 2.24) is 4.72 Å². The van der Waals surface area contributed by atoms with Gasteiger partial charge in [0.05, 0.1) is 5.69 Å². The molecule has 0 aromatic heterocycles. The van der Waals surface area contributed by atoms with E-state index in [2.05, 4.69) is 17.1 Å². The number of anilines is 1. The van der Waals surface area contributed by atoms with Crippen molar-refractivity contribution >= 4 is 15.7 Å². The van der Waals surface area contributed by atoms with Crippen LogP contribution in [0.3, 0.4) is 0 Å². The Balaban J connectivity index is 2.10. The van der Waals surface area contributed by atoms with E-state index in [1.807, 2.05) is 0 Å². The second kappa shape index (κ2) is 5.48. The van der Waals surface area contributed by atoms with E-state index in [-0.39, 0.29) is 10.3 Å². The fourth-order valence-electron chi connectivity index (χ4n) is 2.37. The van der Waals surface area contributed by atoms with Crippen LogP contribution in [0.5, 0.6) is 0 Å². The summed E-state index contributed by atoms with van der Waals surface area (Å²) in [4.78, 5) is 0.199. The first kappa shape index (κ1) is 14.3. The lowest BCUT2D eigenvalue weighted by molar-refractivity contribution is 0.449. The summed E-state index contributed by atoms with van der Waals surface area (Å²) in [5, 5.41) is 0. The Morgan fingerprint density at radius 2 is 2.00 bits per heavy atom. The second-order valence-electron chi connectivity index (χ2n) is 5.22. The van der Waals surface area contributed by atoms with E-state index in [9.17, 15) is 8.42 Å². The van der Waals surface area contributed by atoms with E-state index in [0.717, 1.165) is 25.7 Å². The van der Waals surface area contributed by atoms with Crippen LogP contribution in [-0.2, 0) is 10.0 Å². The normalized spacial score (nSPS) is 17.2. The quantitative estimate of drug-likeness (QED) is 0.526. The summed E-state index contributed by atoms with van der Waals surface area (Å²) in [6, 6.07) is 6.63. The molecule has 1 aliphatic rings. The zero-order valence-electron chi connectivity index (χ0n) is 11.1. The molecular formula is C13H21N3O2S. The molecule has 0 heterocycles. The van der Waals surface area contributed by atoms with Gasteiger partial charge in [0.1, 0.15) is 4.90 Å². The Morgan fingerprint density at radius 3 is 2.58 bits per heavy atom. The highest BCUT2D eigenvalue weighted by Crippen LogP contribution is 2.49. The van der Waals surface area contributed by atoms with Gasteiger partial charge in [-0.05, 0) is 36.8 Å². The Morgan fingerprint density at radius 1 is 1.32 bits per heavy atom. The average Bonchev–Trinajstić information content (AvgIpc) is 3.17. The van der Waals surface area contributed by atoms with Gasteiger partial charge in [-0.1, -0.05) is 25.5 Å². The monoisotopic (exact) mass is 283 g/mol. The van der Waals surface area contributed by atoms with Gasteiger partial charge in [0.25, 0.3) is 0 Å². The molecule has 19 heavy (non-hydrogen) atoms. The van der Waals surface area contributed by atoms with Gasteiger partial charge >= 0.3 is 0 Å². The van der Waals surface area contributed by atoms with Crippen LogP contribution in [0.25, 0.3) is 0 Å². The van der Waals surface area contributed by atoms with Crippen molar-refractivity contribution in [3.63, 3.8) is 0 Å². The molecular weight excluding hydrogens is 262 g/mol.